The molecule has 11 heteroatoms. The Labute approximate surface area is 179 Å². The summed E-state index contributed by atoms with van der Waals surface area (Å²) in [7, 11) is 0. The van der Waals surface area contributed by atoms with E-state index >= 15 is 0 Å². The number of amides is 1. The van der Waals surface area contributed by atoms with Crippen LogP contribution in [0.3, 0.4) is 0 Å². The van der Waals surface area contributed by atoms with E-state index in [0.717, 1.165) is 12.0 Å². The van der Waals surface area contributed by atoms with Crippen LogP contribution in [0.4, 0.5) is 31.1 Å². The number of carbonyl (C=O) groups is 2. The number of fused-ring (bicyclic) bond motifs is 1. The van der Waals surface area contributed by atoms with Gasteiger partial charge in [0.2, 0.25) is 0 Å². The van der Waals surface area contributed by atoms with Crippen LogP contribution in [0.25, 0.3) is 0 Å². The number of carbonyl (C=O) groups excluding carboxylic acids is 2. The van der Waals surface area contributed by atoms with E-state index in [9.17, 15) is 35.9 Å². The number of benzene rings is 1. The Morgan fingerprint density at radius 2 is 1.72 bits per heavy atom. The summed E-state index contributed by atoms with van der Waals surface area (Å²) in [4.78, 5) is 29.7. The number of ether oxygens (including phenoxy) is 1. The molecular weight excluding hydrogens is 442 g/mol. The second kappa shape index (κ2) is 8.95. The molecule has 0 aromatic heterocycles. The molecule has 3 rings (SSSR count). The van der Waals surface area contributed by atoms with E-state index in [1.807, 2.05) is 0 Å². The van der Waals surface area contributed by atoms with Crippen LogP contribution in [-0.2, 0) is 28.5 Å². The summed E-state index contributed by atoms with van der Waals surface area (Å²) < 4.78 is 83.0. The van der Waals surface area contributed by atoms with E-state index in [1.165, 1.54) is 11.8 Å². The lowest BCUT2D eigenvalue weighted by Gasteiger charge is -2.24. The summed E-state index contributed by atoms with van der Waals surface area (Å²) in [5, 5.41) is 0. The molecule has 2 heterocycles. The van der Waals surface area contributed by atoms with Crippen LogP contribution in [0.1, 0.15) is 36.5 Å². The predicted octanol–water partition coefficient (Wildman–Crippen LogP) is 5.04. The lowest BCUT2D eigenvalue weighted by atomic mass is 9.91. The first-order chi connectivity index (χ1) is 14.8. The quantitative estimate of drug-likeness (QED) is 0.592. The van der Waals surface area contributed by atoms with Crippen LogP contribution in [0, 0.1) is 5.92 Å². The second-order valence-electron chi connectivity index (χ2n) is 7.73. The first-order valence-corrected chi connectivity index (χ1v) is 9.80. The van der Waals surface area contributed by atoms with E-state index in [0.29, 0.717) is 37.4 Å². The molecule has 0 saturated carbocycles. The number of dihydropyridines is 1. The van der Waals surface area contributed by atoms with Crippen molar-refractivity contribution in [1.29, 1.82) is 0 Å². The van der Waals surface area contributed by atoms with Gasteiger partial charge in [0, 0.05) is 32.5 Å². The van der Waals surface area contributed by atoms with Crippen LogP contribution >= 0.6 is 0 Å². The predicted molar refractivity (Wildman–Crippen MR) is 102 cm³/mol. The molecule has 2 aliphatic rings. The van der Waals surface area contributed by atoms with Crippen molar-refractivity contribution in [2.24, 2.45) is 10.9 Å². The number of allylic oxidation sites excluding steroid dienone is 1. The van der Waals surface area contributed by atoms with Gasteiger partial charge >= 0.3 is 18.4 Å². The SMILES string of the molecule is CC(=O)C1=NCC2CCCN(C(=O)OCc3cc(C(F)(F)F)cc(C(F)(F)F)c3)CC2=C1. The van der Waals surface area contributed by atoms with Gasteiger partial charge in [-0.2, -0.15) is 26.3 Å². The molecule has 174 valence electrons. The Bertz CT molecular complexity index is 933. The molecule has 1 atom stereocenters. The summed E-state index contributed by atoms with van der Waals surface area (Å²) in [5.41, 5.74) is -2.25. The Hall–Kier alpha value is -2.85. The van der Waals surface area contributed by atoms with E-state index in [2.05, 4.69) is 4.99 Å². The summed E-state index contributed by atoms with van der Waals surface area (Å²) in [6.45, 7) is 1.51. The van der Waals surface area contributed by atoms with Crippen molar-refractivity contribution < 1.29 is 40.7 Å². The van der Waals surface area contributed by atoms with Crippen LogP contribution in [0.5, 0.6) is 0 Å². The van der Waals surface area contributed by atoms with Gasteiger partial charge < -0.3 is 9.64 Å². The molecule has 1 aromatic rings. The van der Waals surface area contributed by atoms with Crippen molar-refractivity contribution in [1.82, 2.24) is 4.90 Å². The van der Waals surface area contributed by atoms with Crippen molar-refractivity contribution >= 4 is 17.6 Å². The topological polar surface area (TPSA) is 59.0 Å². The zero-order valence-corrected chi connectivity index (χ0v) is 17.0. The minimum absolute atomic E-state index is 0.0178. The van der Waals surface area contributed by atoms with Gasteiger partial charge in [-0.15, -0.1) is 0 Å². The van der Waals surface area contributed by atoms with Gasteiger partial charge in [0.15, 0.2) is 5.78 Å². The molecule has 0 spiro atoms. The largest absolute Gasteiger partial charge is 0.445 e. The van der Waals surface area contributed by atoms with Crippen molar-refractivity contribution in [2.75, 3.05) is 19.6 Å². The lowest BCUT2D eigenvalue weighted by molar-refractivity contribution is -0.143. The minimum Gasteiger partial charge on any atom is -0.445 e. The van der Waals surface area contributed by atoms with E-state index in [4.69, 9.17) is 4.74 Å². The monoisotopic (exact) mass is 462 g/mol. The number of ketones is 1. The lowest BCUT2D eigenvalue weighted by Crippen LogP contribution is -2.34. The number of likely N-dealkylation sites (tertiary alicyclic amines) is 1. The zero-order valence-electron chi connectivity index (χ0n) is 17.0. The number of hydrogen-bond donors (Lipinski definition) is 0. The van der Waals surface area contributed by atoms with Crippen LogP contribution in [0.2, 0.25) is 0 Å². The fraction of sp³-hybridized carbons (Fsp3) is 0.476. The number of rotatable bonds is 3. The molecule has 1 aromatic carbocycles. The third-order valence-corrected chi connectivity index (χ3v) is 5.31. The van der Waals surface area contributed by atoms with Gasteiger partial charge in [-0.1, -0.05) is 0 Å². The van der Waals surface area contributed by atoms with Crippen molar-refractivity contribution in [3.05, 3.63) is 46.5 Å². The highest BCUT2D eigenvalue weighted by molar-refractivity contribution is 6.43. The molecule has 5 nitrogen and oxygen atoms in total. The molecule has 0 radical (unpaired) electrons. The molecule has 1 saturated heterocycles. The van der Waals surface area contributed by atoms with Crippen molar-refractivity contribution in [3.8, 4) is 0 Å². The Balaban J connectivity index is 1.74. The van der Waals surface area contributed by atoms with Gasteiger partial charge in [-0.25, -0.2) is 4.79 Å². The van der Waals surface area contributed by atoms with Crippen LogP contribution < -0.4 is 0 Å². The number of alkyl halides is 6. The van der Waals surface area contributed by atoms with E-state index < -0.39 is 41.7 Å². The van der Waals surface area contributed by atoms with Crippen LogP contribution in [0.15, 0.2) is 34.8 Å². The average Bonchev–Trinajstić information content (AvgIpc) is 2.92. The maximum Gasteiger partial charge on any atom is 0.416 e. The first kappa shape index (κ1) is 23.8. The summed E-state index contributed by atoms with van der Waals surface area (Å²) in [6, 6.07) is 1.07. The molecule has 2 aliphatic heterocycles. The van der Waals surface area contributed by atoms with E-state index in [-0.39, 0.29) is 24.3 Å². The number of aliphatic imine (C=N–C) groups is 1. The fourth-order valence-corrected chi connectivity index (χ4v) is 3.65. The van der Waals surface area contributed by atoms with Gasteiger partial charge in [0.1, 0.15) is 12.3 Å². The van der Waals surface area contributed by atoms with Gasteiger partial charge in [-0.3, -0.25) is 9.79 Å². The molecule has 0 aliphatic carbocycles. The van der Waals surface area contributed by atoms with Crippen molar-refractivity contribution in [3.63, 3.8) is 0 Å². The first-order valence-electron chi connectivity index (χ1n) is 9.80. The maximum absolute atomic E-state index is 13.0. The zero-order chi connectivity index (χ0) is 23.7. The number of hydrogen-bond acceptors (Lipinski definition) is 4. The highest BCUT2D eigenvalue weighted by Crippen LogP contribution is 2.36. The van der Waals surface area contributed by atoms with Gasteiger partial charge in [0.05, 0.1) is 11.1 Å². The number of halogens is 6. The molecule has 32 heavy (non-hydrogen) atoms. The highest BCUT2D eigenvalue weighted by Gasteiger charge is 2.37. The molecule has 1 fully saturated rings. The molecule has 0 bridgehead atoms. The maximum atomic E-state index is 13.0. The second-order valence-corrected chi connectivity index (χ2v) is 7.73. The van der Waals surface area contributed by atoms with Crippen LogP contribution in [-0.4, -0.2) is 42.1 Å². The molecule has 0 N–H and O–H groups in total. The third-order valence-electron chi connectivity index (χ3n) is 5.31. The molecular formula is C21H20F6N2O3. The highest BCUT2D eigenvalue weighted by atomic mass is 19.4. The Morgan fingerprint density at radius 3 is 2.28 bits per heavy atom. The van der Waals surface area contributed by atoms with E-state index in [1.54, 1.807) is 6.08 Å². The normalized spacial score (nSPS) is 19.5. The Morgan fingerprint density at radius 1 is 1.09 bits per heavy atom. The Kier molecular flexibility index (Phi) is 6.66. The van der Waals surface area contributed by atoms with Gasteiger partial charge in [0.25, 0.3) is 0 Å². The van der Waals surface area contributed by atoms with Crippen molar-refractivity contribution in [2.45, 2.75) is 38.7 Å². The smallest absolute Gasteiger partial charge is 0.416 e. The summed E-state index contributed by atoms with van der Waals surface area (Å²) in [6.07, 6.45) is -7.85. The number of nitrogens with zero attached hydrogens (tertiary/aromatic N) is 2. The molecule has 1 unspecified atom stereocenters. The minimum atomic E-state index is -4.98. The summed E-state index contributed by atoms with van der Waals surface area (Å²) >= 11 is 0. The number of Topliss-reactive ketones (excluding diaryl/α,β-unsaturated/α-hetero) is 1. The fourth-order valence-electron chi connectivity index (χ4n) is 3.65. The average molecular weight is 462 g/mol. The molecule has 1 amide bonds. The third kappa shape index (κ3) is 5.68. The standard InChI is InChI=1S/C21H20F6N2O3/c1-12(30)18-7-15-10-29(4-2-3-14(15)9-28-18)19(31)32-11-13-5-16(20(22,23)24)8-17(6-13)21(25,26)27/h5-8,14H,2-4,9-11H2,1H3. The summed E-state index contributed by atoms with van der Waals surface area (Å²) in [5.74, 6) is -0.145. The van der Waals surface area contributed by atoms with Gasteiger partial charge in [-0.05, 0) is 48.3 Å².